The molecule has 1 saturated heterocycles. The maximum absolute atomic E-state index is 15.6. The monoisotopic (exact) mass is 572 g/mol. The third-order valence-corrected chi connectivity index (χ3v) is 7.28. The Hall–Kier alpha value is -3.81. The highest BCUT2D eigenvalue weighted by molar-refractivity contribution is 6.30. The van der Waals surface area contributed by atoms with Crippen LogP contribution >= 0.6 is 11.6 Å². The number of nitrogens with zero attached hydrogens (tertiary/aromatic N) is 2. The summed E-state index contributed by atoms with van der Waals surface area (Å²) in [6.07, 6.45) is -0.628. The zero-order chi connectivity index (χ0) is 29.4. The van der Waals surface area contributed by atoms with Crippen LogP contribution in [0.1, 0.15) is 44.2 Å². The second kappa shape index (κ2) is 11.0. The standard InChI is InChI=1S/C29H28ClF3N4O3/c1-28(2,3)14-22-29(15-34,19-9-8-16(31)12-21(19)32)24(18-6-5-7-20(30)25(18)33)26(36-22)40-27(39)35-17-10-11-37(4)23(38)13-17/h5-13,22,24,26,36H,14H2,1-4H3,(H,35,39)/t22-,24-,26+,29-/m0/s1. The summed E-state index contributed by atoms with van der Waals surface area (Å²) in [6, 6.07) is 11.0. The van der Waals surface area contributed by atoms with E-state index in [1.54, 1.807) is 7.05 Å². The molecule has 1 aliphatic rings. The molecular formula is C29H28ClF3N4O3. The number of hydrogen-bond donors (Lipinski definition) is 2. The highest BCUT2D eigenvalue weighted by Gasteiger charge is 2.61. The number of nitrogens with one attached hydrogen (secondary N) is 2. The van der Waals surface area contributed by atoms with Crippen molar-refractivity contribution in [2.75, 3.05) is 5.32 Å². The Bertz CT molecular complexity index is 1550. The number of hydrogen-bond acceptors (Lipinski definition) is 5. The van der Waals surface area contributed by atoms with Gasteiger partial charge in [-0.15, -0.1) is 0 Å². The first-order valence-corrected chi connectivity index (χ1v) is 12.9. The van der Waals surface area contributed by atoms with Crippen LogP contribution < -0.4 is 16.2 Å². The van der Waals surface area contributed by atoms with Gasteiger partial charge in [0.1, 0.15) is 22.9 Å². The van der Waals surface area contributed by atoms with E-state index in [1.165, 1.54) is 41.1 Å². The van der Waals surface area contributed by atoms with Gasteiger partial charge >= 0.3 is 6.09 Å². The number of amides is 1. The number of carbonyl (C=O) groups excluding carboxylic acids is 1. The average Bonchev–Trinajstić information content (AvgIpc) is 3.14. The quantitative estimate of drug-likeness (QED) is 0.392. The molecule has 11 heteroatoms. The molecule has 4 rings (SSSR count). The summed E-state index contributed by atoms with van der Waals surface area (Å²) in [6.45, 7) is 5.72. The lowest BCUT2D eigenvalue weighted by molar-refractivity contribution is 0.0851. The van der Waals surface area contributed by atoms with Crippen LogP contribution in [0.15, 0.2) is 59.5 Å². The molecule has 1 amide bonds. The van der Waals surface area contributed by atoms with Crippen LogP contribution in [0.5, 0.6) is 0 Å². The zero-order valence-electron chi connectivity index (χ0n) is 22.3. The van der Waals surface area contributed by atoms with Crippen LogP contribution in [0, 0.1) is 34.2 Å². The fourth-order valence-electron chi connectivity index (χ4n) is 5.26. The SMILES string of the molecule is Cn1ccc(NC(=O)O[C@H]2N[C@@H](CC(C)(C)C)[C@](C#N)(c3ccc(F)cc3F)[C@H]2c2cccc(Cl)c2F)cc1=O. The first-order chi connectivity index (χ1) is 18.8. The third kappa shape index (κ3) is 5.58. The van der Waals surface area contributed by atoms with E-state index in [2.05, 4.69) is 16.7 Å². The number of pyridine rings is 1. The summed E-state index contributed by atoms with van der Waals surface area (Å²) in [5, 5.41) is 16.1. The summed E-state index contributed by atoms with van der Waals surface area (Å²) in [5.74, 6) is -4.02. The van der Waals surface area contributed by atoms with Crippen molar-refractivity contribution in [2.45, 2.75) is 50.8 Å². The van der Waals surface area contributed by atoms with Gasteiger partial charge in [0.2, 0.25) is 0 Å². The Balaban J connectivity index is 1.88. The second-order valence-corrected chi connectivity index (χ2v) is 11.4. The van der Waals surface area contributed by atoms with Crippen molar-refractivity contribution >= 4 is 23.4 Å². The van der Waals surface area contributed by atoms with Crippen LogP contribution in [0.4, 0.5) is 23.7 Å². The number of aryl methyl sites for hydroxylation is 1. The van der Waals surface area contributed by atoms with E-state index in [1.807, 2.05) is 20.8 Å². The molecule has 40 heavy (non-hydrogen) atoms. The summed E-state index contributed by atoms with van der Waals surface area (Å²) < 4.78 is 52.0. The van der Waals surface area contributed by atoms with Gasteiger partial charge in [-0.2, -0.15) is 5.26 Å². The molecule has 1 aliphatic heterocycles. The van der Waals surface area contributed by atoms with Gasteiger partial charge < -0.3 is 9.30 Å². The number of benzene rings is 2. The molecule has 2 aromatic carbocycles. The summed E-state index contributed by atoms with van der Waals surface area (Å²) in [4.78, 5) is 25.0. The van der Waals surface area contributed by atoms with Crippen LogP contribution in [0.3, 0.4) is 0 Å². The molecule has 0 spiro atoms. The maximum atomic E-state index is 15.6. The van der Waals surface area contributed by atoms with Crippen LogP contribution in [0.2, 0.25) is 5.02 Å². The van der Waals surface area contributed by atoms with E-state index in [0.29, 0.717) is 6.07 Å². The van der Waals surface area contributed by atoms with E-state index < -0.39 is 52.6 Å². The molecule has 0 saturated carbocycles. The first-order valence-electron chi connectivity index (χ1n) is 12.5. The van der Waals surface area contributed by atoms with Crippen LogP contribution in [-0.2, 0) is 17.2 Å². The number of rotatable bonds is 5. The first kappa shape index (κ1) is 29.2. The Morgan fingerprint density at radius 1 is 1.20 bits per heavy atom. The molecule has 0 aliphatic carbocycles. The lowest BCUT2D eigenvalue weighted by atomic mass is 9.63. The molecule has 0 radical (unpaired) electrons. The number of halogens is 4. The molecule has 3 aromatic rings. The van der Waals surface area contributed by atoms with Gasteiger partial charge in [0.05, 0.1) is 22.7 Å². The Morgan fingerprint density at radius 2 is 1.93 bits per heavy atom. The predicted octanol–water partition coefficient (Wildman–Crippen LogP) is 5.98. The molecule has 0 bridgehead atoms. The van der Waals surface area contributed by atoms with Gasteiger partial charge in [0.15, 0.2) is 6.23 Å². The smallest absolute Gasteiger partial charge is 0.413 e. The molecule has 0 unspecified atom stereocenters. The minimum atomic E-state index is -1.86. The van der Waals surface area contributed by atoms with Crippen molar-refractivity contribution in [3.63, 3.8) is 0 Å². The molecular weight excluding hydrogens is 545 g/mol. The fourth-order valence-corrected chi connectivity index (χ4v) is 5.44. The highest BCUT2D eigenvalue weighted by atomic mass is 35.5. The molecule has 1 fully saturated rings. The second-order valence-electron chi connectivity index (χ2n) is 11.0. The van der Waals surface area contributed by atoms with E-state index in [9.17, 15) is 19.2 Å². The van der Waals surface area contributed by atoms with E-state index in [0.717, 1.165) is 12.1 Å². The minimum absolute atomic E-state index is 0.0898. The van der Waals surface area contributed by atoms with Gasteiger partial charge in [-0.3, -0.25) is 15.4 Å². The highest BCUT2D eigenvalue weighted by Crippen LogP contribution is 2.52. The van der Waals surface area contributed by atoms with Crippen LogP contribution in [0.25, 0.3) is 0 Å². The molecule has 1 aromatic heterocycles. The Kier molecular flexibility index (Phi) is 8.01. The average molecular weight is 573 g/mol. The van der Waals surface area contributed by atoms with Crippen molar-refractivity contribution in [2.24, 2.45) is 12.5 Å². The molecule has 4 atom stereocenters. The molecule has 7 nitrogen and oxygen atoms in total. The number of aromatic nitrogens is 1. The lowest BCUT2D eigenvalue weighted by Crippen LogP contribution is -2.44. The number of ether oxygens (including phenoxy) is 1. The van der Waals surface area contributed by atoms with E-state index in [-0.39, 0.29) is 33.8 Å². The van der Waals surface area contributed by atoms with Crippen molar-refractivity contribution in [1.82, 2.24) is 9.88 Å². The van der Waals surface area contributed by atoms with Crippen molar-refractivity contribution in [3.05, 3.63) is 98.7 Å². The minimum Gasteiger partial charge on any atom is -0.429 e. The zero-order valence-corrected chi connectivity index (χ0v) is 23.0. The van der Waals surface area contributed by atoms with Gasteiger partial charge in [-0.1, -0.05) is 50.6 Å². The number of nitriles is 1. The fraction of sp³-hybridized carbons (Fsp3) is 0.345. The third-order valence-electron chi connectivity index (χ3n) is 6.99. The number of anilines is 1. The van der Waals surface area contributed by atoms with Gasteiger partial charge in [-0.25, -0.2) is 18.0 Å². The molecule has 210 valence electrons. The predicted molar refractivity (Wildman–Crippen MR) is 144 cm³/mol. The topological polar surface area (TPSA) is 96.2 Å². The normalized spacial score (nSPS) is 22.5. The van der Waals surface area contributed by atoms with Crippen molar-refractivity contribution in [3.8, 4) is 6.07 Å². The van der Waals surface area contributed by atoms with Gasteiger partial charge in [0.25, 0.3) is 5.56 Å². The lowest BCUT2D eigenvalue weighted by Gasteiger charge is -2.37. The number of carbonyl (C=O) groups is 1. The van der Waals surface area contributed by atoms with Crippen molar-refractivity contribution < 1.29 is 22.7 Å². The van der Waals surface area contributed by atoms with E-state index >= 15 is 8.78 Å². The van der Waals surface area contributed by atoms with E-state index in [4.69, 9.17) is 16.3 Å². The Morgan fingerprint density at radius 3 is 2.55 bits per heavy atom. The summed E-state index contributed by atoms with van der Waals surface area (Å²) in [7, 11) is 1.54. The largest absolute Gasteiger partial charge is 0.429 e. The van der Waals surface area contributed by atoms with Crippen molar-refractivity contribution in [1.29, 1.82) is 5.26 Å². The summed E-state index contributed by atoms with van der Waals surface area (Å²) >= 11 is 6.10. The Labute approximate surface area is 234 Å². The summed E-state index contributed by atoms with van der Waals surface area (Å²) in [5.41, 5.74) is -2.78. The molecule has 2 heterocycles. The van der Waals surface area contributed by atoms with Crippen LogP contribution in [-0.4, -0.2) is 22.9 Å². The molecule has 2 N–H and O–H groups in total. The maximum Gasteiger partial charge on any atom is 0.413 e. The van der Waals surface area contributed by atoms with Gasteiger partial charge in [-0.05, 0) is 35.6 Å². The van der Waals surface area contributed by atoms with Gasteiger partial charge in [0, 0.05) is 37.0 Å².